The zero-order chi connectivity index (χ0) is 21.6. The Bertz CT molecular complexity index is 1030. The summed E-state index contributed by atoms with van der Waals surface area (Å²) < 4.78 is 0. The molecule has 0 aliphatic carbocycles. The predicted octanol–water partition coefficient (Wildman–Crippen LogP) is 4.24. The minimum absolute atomic E-state index is 0.0248. The molecule has 2 heterocycles. The third kappa shape index (κ3) is 5.21. The van der Waals surface area contributed by atoms with Gasteiger partial charge in [-0.05, 0) is 35.9 Å². The minimum Gasteiger partial charge on any atom is -0.353 e. The monoisotopic (exact) mass is 434 g/mol. The number of nitrogens with zero attached hydrogens (tertiary/aromatic N) is 4. The maximum atomic E-state index is 12.9. The first kappa shape index (κ1) is 20.9. The normalized spacial score (nSPS) is 13.8. The van der Waals surface area contributed by atoms with Crippen LogP contribution in [0.2, 0.25) is 0 Å². The topological polar surface area (TPSA) is 79.6 Å². The van der Waals surface area contributed by atoms with Crippen LogP contribution in [0.4, 0.5) is 11.5 Å². The van der Waals surface area contributed by atoms with Gasteiger partial charge in [-0.2, -0.15) is 0 Å². The van der Waals surface area contributed by atoms with E-state index in [1.54, 1.807) is 17.8 Å². The lowest BCUT2D eigenvalue weighted by molar-refractivity contribution is -0.385. The van der Waals surface area contributed by atoms with E-state index in [4.69, 9.17) is 0 Å². The molecule has 0 unspecified atom stereocenters. The van der Waals surface area contributed by atoms with E-state index >= 15 is 0 Å². The number of aromatic nitrogens is 1. The van der Waals surface area contributed by atoms with Gasteiger partial charge in [-0.1, -0.05) is 30.3 Å². The molecule has 1 fully saturated rings. The molecule has 158 valence electrons. The van der Waals surface area contributed by atoms with E-state index in [9.17, 15) is 14.9 Å². The molecular formula is C23H22N4O3S. The summed E-state index contributed by atoms with van der Waals surface area (Å²) in [5.74, 6) is 1.58. The molecule has 1 amide bonds. The first-order chi connectivity index (χ1) is 15.1. The summed E-state index contributed by atoms with van der Waals surface area (Å²) in [5.41, 5.74) is 1.85. The maximum absolute atomic E-state index is 12.9. The smallest absolute Gasteiger partial charge is 0.287 e. The second-order valence-electron chi connectivity index (χ2n) is 7.21. The number of piperazine rings is 1. The first-order valence-corrected chi connectivity index (χ1v) is 11.0. The van der Waals surface area contributed by atoms with Crippen molar-refractivity contribution in [1.29, 1.82) is 0 Å². The highest BCUT2D eigenvalue weighted by atomic mass is 32.2. The molecule has 4 rings (SSSR count). The number of rotatable bonds is 6. The molecule has 0 saturated carbocycles. The predicted molar refractivity (Wildman–Crippen MR) is 121 cm³/mol. The summed E-state index contributed by atoms with van der Waals surface area (Å²) in [7, 11) is 0. The van der Waals surface area contributed by atoms with Crippen molar-refractivity contribution in [2.45, 2.75) is 10.6 Å². The molecule has 0 N–H and O–H groups in total. The molecule has 1 saturated heterocycles. The number of anilines is 1. The second kappa shape index (κ2) is 9.61. The number of benzene rings is 2. The van der Waals surface area contributed by atoms with Gasteiger partial charge in [0.15, 0.2) is 0 Å². The highest BCUT2D eigenvalue weighted by Crippen LogP contribution is 2.23. The van der Waals surface area contributed by atoms with Gasteiger partial charge in [0.25, 0.3) is 11.6 Å². The van der Waals surface area contributed by atoms with Gasteiger partial charge >= 0.3 is 0 Å². The fourth-order valence-electron chi connectivity index (χ4n) is 3.42. The largest absolute Gasteiger partial charge is 0.353 e. The van der Waals surface area contributed by atoms with Crippen molar-refractivity contribution in [3.63, 3.8) is 0 Å². The van der Waals surface area contributed by atoms with Gasteiger partial charge in [0.1, 0.15) is 12.0 Å². The van der Waals surface area contributed by atoms with Gasteiger partial charge in [0.2, 0.25) is 0 Å². The van der Waals surface area contributed by atoms with Gasteiger partial charge in [0, 0.05) is 48.5 Å². The summed E-state index contributed by atoms with van der Waals surface area (Å²) in [4.78, 5) is 32.5. The second-order valence-corrected chi connectivity index (χ2v) is 8.26. The fraction of sp³-hybridized carbons (Fsp3) is 0.217. The summed E-state index contributed by atoms with van der Waals surface area (Å²) >= 11 is 1.77. The number of thioether (sulfide) groups is 1. The summed E-state index contributed by atoms with van der Waals surface area (Å²) in [6.45, 7) is 2.46. The van der Waals surface area contributed by atoms with Crippen molar-refractivity contribution in [2.75, 3.05) is 31.1 Å². The molecule has 1 aromatic heterocycles. The number of hydrogen-bond acceptors (Lipinski definition) is 6. The zero-order valence-electron chi connectivity index (χ0n) is 16.9. The molecule has 1 aliphatic heterocycles. The molecule has 0 spiro atoms. The van der Waals surface area contributed by atoms with E-state index in [1.807, 2.05) is 52.3 Å². The summed E-state index contributed by atoms with van der Waals surface area (Å²) in [6, 6.07) is 21.2. The standard InChI is InChI=1S/C23H22N4O3S/c28-23(19-8-6-18(7-9-19)17-31-21-4-2-1-3-5-21)26-14-12-25(13-15-26)22-11-10-20(16-24-22)27(29)30/h1-11,16H,12-15,17H2. The molecule has 0 bridgehead atoms. The van der Waals surface area contributed by atoms with Crippen molar-refractivity contribution in [2.24, 2.45) is 0 Å². The van der Waals surface area contributed by atoms with E-state index in [1.165, 1.54) is 22.7 Å². The van der Waals surface area contributed by atoms with Crippen LogP contribution < -0.4 is 4.90 Å². The van der Waals surface area contributed by atoms with Crippen molar-refractivity contribution in [1.82, 2.24) is 9.88 Å². The molecule has 0 radical (unpaired) electrons. The van der Waals surface area contributed by atoms with Crippen molar-refractivity contribution in [3.8, 4) is 0 Å². The number of pyridine rings is 1. The number of nitro groups is 1. The highest BCUT2D eigenvalue weighted by molar-refractivity contribution is 7.98. The zero-order valence-corrected chi connectivity index (χ0v) is 17.7. The molecular weight excluding hydrogens is 412 g/mol. The van der Waals surface area contributed by atoms with Crippen LogP contribution in [-0.4, -0.2) is 46.9 Å². The SMILES string of the molecule is O=C(c1ccc(CSc2ccccc2)cc1)N1CCN(c2ccc([N+](=O)[O-])cn2)CC1. The number of amides is 1. The van der Waals surface area contributed by atoms with E-state index in [-0.39, 0.29) is 11.6 Å². The van der Waals surface area contributed by atoms with Crippen LogP contribution in [0.5, 0.6) is 0 Å². The fourth-order valence-corrected chi connectivity index (χ4v) is 4.30. The van der Waals surface area contributed by atoms with Crippen LogP contribution in [-0.2, 0) is 5.75 Å². The quantitative estimate of drug-likeness (QED) is 0.328. The Balaban J connectivity index is 1.30. The van der Waals surface area contributed by atoms with E-state index in [0.29, 0.717) is 37.6 Å². The Morgan fingerprint density at radius 2 is 1.68 bits per heavy atom. The minimum atomic E-state index is -0.459. The average Bonchev–Trinajstić information content (AvgIpc) is 2.83. The van der Waals surface area contributed by atoms with Gasteiger partial charge in [-0.25, -0.2) is 4.98 Å². The van der Waals surface area contributed by atoms with E-state index < -0.39 is 4.92 Å². The third-order valence-corrected chi connectivity index (χ3v) is 6.27. The van der Waals surface area contributed by atoms with Crippen molar-refractivity contribution < 1.29 is 9.72 Å². The lowest BCUT2D eigenvalue weighted by Crippen LogP contribution is -2.49. The Kier molecular flexibility index (Phi) is 6.47. The van der Waals surface area contributed by atoms with Crippen LogP contribution in [0.3, 0.4) is 0 Å². The Labute approximate surface area is 184 Å². The molecule has 2 aromatic carbocycles. The molecule has 8 heteroatoms. The number of carbonyl (C=O) groups excluding carboxylic acids is 1. The van der Waals surface area contributed by atoms with Gasteiger partial charge < -0.3 is 9.80 Å². The van der Waals surface area contributed by atoms with Crippen LogP contribution in [0, 0.1) is 10.1 Å². The molecule has 3 aromatic rings. The average molecular weight is 435 g/mol. The third-order valence-electron chi connectivity index (χ3n) is 5.18. The summed E-state index contributed by atoms with van der Waals surface area (Å²) in [5, 5.41) is 10.8. The number of carbonyl (C=O) groups is 1. The lowest BCUT2D eigenvalue weighted by Gasteiger charge is -2.35. The van der Waals surface area contributed by atoms with Gasteiger partial charge in [-0.15, -0.1) is 11.8 Å². The van der Waals surface area contributed by atoms with Crippen LogP contribution in [0.25, 0.3) is 0 Å². The van der Waals surface area contributed by atoms with Crippen LogP contribution >= 0.6 is 11.8 Å². The number of hydrogen-bond donors (Lipinski definition) is 0. The first-order valence-electron chi connectivity index (χ1n) is 10.0. The Hall–Kier alpha value is -3.39. The lowest BCUT2D eigenvalue weighted by atomic mass is 10.1. The molecule has 31 heavy (non-hydrogen) atoms. The van der Waals surface area contributed by atoms with Gasteiger partial charge in [0.05, 0.1) is 4.92 Å². The molecule has 7 nitrogen and oxygen atoms in total. The Morgan fingerprint density at radius 3 is 2.29 bits per heavy atom. The van der Waals surface area contributed by atoms with Crippen LogP contribution in [0.15, 0.2) is 77.8 Å². The summed E-state index contributed by atoms with van der Waals surface area (Å²) in [6.07, 6.45) is 1.27. The van der Waals surface area contributed by atoms with Crippen molar-refractivity contribution >= 4 is 29.2 Å². The van der Waals surface area contributed by atoms with Gasteiger partial charge in [-0.3, -0.25) is 14.9 Å². The van der Waals surface area contributed by atoms with E-state index in [0.717, 1.165) is 5.75 Å². The van der Waals surface area contributed by atoms with Crippen LogP contribution in [0.1, 0.15) is 15.9 Å². The maximum Gasteiger partial charge on any atom is 0.287 e. The molecule has 0 atom stereocenters. The van der Waals surface area contributed by atoms with Crippen molar-refractivity contribution in [3.05, 3.63) is 94.2 Å². The Morgan fingerprint density at radius 1 is 0.968 bits per heavy atom. The highest BCUT2D eigenvalue weighted by Gasteiger charge is 2.23. The van der Waals surface area contributed by atoms with E-state index in [2.05, 4.69) is 17.1 Å². The molecule has 1 aliphatic rings.